The van der Waals surface area contributed by atoms with Crippen LogP contribution in [0.4, 0.5) is 16.0 Å². The summed E-state index contributed by atoms with van der Waals surface area (Å²) in [5.41, 5.74) is 1.90. The fourth-order valence-corrected chi connectivity index (χ4v) is 2.58. The van der Waals surface area contributed by atoms with E-state index in [4.69, 9.17) is 11.6 Å². The number of nitrogens with zero attached hydrogens (tertiary/aromatic N) is 2. The van der Waals surface area contributed by atoms with Gasteiger partial charge in [0.05, 0.1) is 6.42 Å². The van der Waals surface area contributed by atoms with Crippen LogP contribution >= 0.6 is 11.6 Å². The zero-order chi connectivity index (χ0) is 19.1. The van der Waals surface area contributed by atoms with Crippen LogP contribution in [-0.2, 0) is 17.6 Å². The highest BCUT2D eigenvalue weighted by atomic mass is 35.5. The third-order valence-electron chi connectivity index (χ3n) is 3.84. The lowest BCUT2D eigenvalue weighted by Gasteiger charge is -2.07. The molecule has 2 aromatic carbocycles. The van der Waals surface area contributed by atoms with Gasteiger partial charge < -0.3 is 10.6 Å². The van der Waals surface area contributed by atoms with Gasteiger partial charge in [0.1, 0.15) is 11.6 Å². The zero-order valence-corrected chi connectivity index (χ0v) is 15.2. The monoisotopic (exact) mass is 384 g/mol. The van der Waals surface area contributed by atoms with E-state index < -0.39 is 0 Å². The molecule has 0 saturated heterocycles. The molecule has 0 fully saturated rings. The highest BCUT2D eigenvalue weighted by Gasteiger charge is 2.06. The van der Waals surface area contributed by atoms with E-state index in [0.29, 0.717) is 23.2 Å². The molecule has 0 unspecified atom stereocenters. The molecule has 3 aromatic rings. The second kappa shape index (κ2) is 9.09. The van der Waals surface area contributed by atoms with Crippen molar-refractivity contribution in [2.75, 3.05) is 17.2 Å². The van der Waals surface area contributed by atoms with Gasteiger partial charge >= 0.3 is 0 Å². The molecule has 1 heterocycles. The van der Waals surface area contributed by atoms with Crippen molar-refractivity contribution in [2.24, 2.45) is 0 Å². The lowest BCUT2D eigenvalue weighted by Crippen LogP contribution is -2.16. The van der Waals surface area contributed by atoms with Crippen LogP contribution in [0.5, 0.6) is 0 Å². The Balaban J connectivity index is 1.45. The molecule has 0 aliphatic rings. The van der Waals surface area contributed by atoms with Crippen molar-refractivity contribution >= 4 is 29.1 Å². The third kappa shape index (κ3) is 6.04. The van der Waals surface area contributed by atoms with E-state index in [9.17, 15) is 9.18 Å². The maximum Gasteiger partial charge on any atom is 0.229 e. The lowest BCUT2D eigenvalue weighted by molar-refractivity contribution is -0.115. The van der Waals surface area contributed by atoms with Crippen molar-refractivity contribution in [3.63, 3.8) is 0 Å². The van der Waals surface area contributed by atoms with Crippen LogP contribution in [0.15, 0.2) is 60.7 Å². The number of anilines is 2. The molecule has 7 heteroatoms. The van der Waals surface area contributed by atoms with Crippen LogP contribution in [0, 0.1) is 5.82 Å². The number of amides is 1. The Hall–Kier alpha value is -2.99. The molecule has 138 valence electrons. The van der Waals surface area contributed by atoms with Gasteiger partial charge in [-0.15, -0.1) is 10.2 Å². The van der Waals surface area contributed by atoms with E-state index in [0.717, 1.165) is 17.5 Å². The number of halogens is 2. The maximum absolute atomic E-state index is 12.9. The molecular formula is C20H18ClFN4O. The molecule has 27 heavy (non-hydrogen) atoms. The summed E-state index contributed by atoms with van der Waals surface area (Å²) < 4.78 is 12.9. The van der Waals surface area contributed by atoms with E-state index in [1.807, 2.05) is 12.1 Å². The van der Waals surface area contributed by atoms with Gasteiger partial charge in [0.25, 0.3) is 0 Å². The van der Waals surface area contributed by atoms with Crippen molar-refractivity contribution in [3.05, 3.63) is 82.6 Å². The van der Waals surface area contributed by atoms with Gasteiger partial charge in [0.2, 0.25) is 5.91 Å². The number of rotatable bonds is 7. The summed E-state index contributed by atoms with van der Waals surface area (Å²) in [6.45, 7) is 0.641. The number of carbonyl (C=O) groups excluding carboxylic acids is 1. The molecule has 3 rings (SSSR count). The van der Waals surface area contributed by atoms with Crippen LogP contribution in [0.1, 0.15) is 11.1 Å². The van der Waals surface area contributed by atoms with E-state index in [2.05, 4.69) is 20.8 Å². The molecule has 5 nitrogen and oxygen atoms in total. The molecule has 0 aliphatic heterocycles. The van der Waals surface area contributed by atoms with Gasteiger partial charge in [0, 0.05) is 11.6 Å². The van der Waals surface area contributed by atoms with E-state index in [-0.39, 0.29) is 18.1 Å². The van der Waals surface area contributed by atoms with E-state index in [1.54, 1.807) is 36.4 Å². The average Bonchev–Trinajstić information content (AvgIpc) is 2.67. The molecule has 0 atom stereocenters. The van der Waals surface area contributed by atoms with Crippen molar-refractivity contribution in [1.82, 2.24) is 10.2 Å². The molecule has 0 bridgehead atoms. The van der Waals surface area contributed by atoms with Crippen molar-refractivity contribution in [3.8, 4) is 0 Å². The number of carbonyl (C=O) groups is 1. The van der Waals surface area contributed by atoms with Crippen LogP contribution < -0.4 is 10.6 Å². The molecule has 2 N–H and O–H groups in total. The molecule has 1 amide bonds. The maximum atomic E-state index is 12.9. The Labute approximate surface area is 161 Å². The summed E-state index contributed by atoms with van der Waals surface area (Å²) in [5.74, 6) is 0.570. The Bertz CT molecular complexity index is 883. The normalized spacial score (nSPS) is 10.4. The second-order valence-electron chi connectivity index (χ2n) is 5.96. The standard InChI is InChI=1S/C20H18ClFN4O/c21-16-5-1-15(2-6-16)13-20(27)24-19-10-9-18(25-26-19)23-12-11-14-3-7-17(22)8-4-14/h1-10H,11-13H2,(H,23,25)(H,24,26,27). The van der Waals surface area contributed by atoms with Crippen molar-refractivity contribution in [1.29, 1.82) is 0 Å². The van der Waals surface area contributed by atoms with Crippen LogP contribution in [0.3, 0.4) is 0 Å². The summed E-state index contributed by atoms with van der Waals surface area (Å²) in [6.07, 6.45) is 0.970. The first-order valence-corrected chi connectivity index (χ1v) is 8.82. The minimum atomic E-state index is -0.244. The van der Waals surface area contributed by atoms with Crippen LogP contribution in [0.25, 0.3) is 0 Å². The molecule has 0 aliphatic carbocycles. The lowest BCUT2D eigenvalue weighted by atomic mass is 10.1. The largest absolute Gasteiger partial charge is 0.368 e. The Morgan fingerprint density at radius 3 is 2.19 bits per heavy atom. The van der Waals surface area contributed by atoms with E-state index in [1.165, 1.54) is 12.1 Å². The van der Waals surface area contributed by atoms with Gasteiger partial charge in [-0.25, -0.2) is 4.39 Å². The first-order valence-electron chi connectivity index (χ1n) is 8.45. The Kier molecular flexibility index (Phi) is 6.33. The highest BCUT2D eigenvalue weighted by molar-refractivity contribution is 6.30. The molecule has 0 saturated carbocycles. The number of nitrogens with one attached hydrogen (secondary N) is 2. The predicted octanol–water partition coefficient (Wildman–Crippen LogP) is 4.10. The number of benzene rings is 2. The van der Waals surface area contributed by atoms with Gasteiger partial charge in [-0.1, -0.05) is 35.9 Å². The first kappa shape index (κ1) is 18.8. The summed E-state index contributed by atoms with van der Waals surface area (Å²) in [5, 5.41) is 14.5. The smallest absolute Gasteiger partial charge is 0.229 e. The van der Waals surface area contributed by atoms with Crippen LogP contribution in [0.2, 0.25) is 5.02 Å². The van der Waals surface area contributed by atoms with Gasteiger partial charge in [-0.3, -0.25) is 4.79 Å². The average molecular weight is 385 g/mol. The summed E-state index contributed by atoms with van der Waals surface area (Å²) in [7, 11) is 0. The number of hydrogen-bond acceptors (Lipinski definition) is 4. The predicted molar refractivity (Wildman–Crippen MR) is 104 cm³/mol. The number of aromatic nitrogens is 2. The molecule has 0 radical (unpaired) electrons. The zero-order valence-electron chi connectivity index (χ0n) is 14.5. The first-order chi connectivity index (χ1) is 13.1. The van der Waals surface area contributed by atoms with Crippen molar-refractivity contribution in [2.45, 2.75) is 12.8 Å². The summed E-state index contributed by atoms with van der Waals surface area (Å²) >= 11 is 5.83. The van der Waals surface area contributed by atoms with Gasteiger partial charge in [-0.05, 0) is 53.9 Å². The fourth-order valence-electron chi connectivity index (χ4n) is 2.45. The summed E-state index contributed by atoms with van der Waals surface area (Å²) in [4.78, 5) is 12.1. The third-order valence-corrected chi connectivity index (χ3v) is 4.09. The van der Waals surface area contributed by atoms with E-state index >= 15 is 0 Å². The minimum absolute atomic E-state index is 0.177. The van der Waals surface area contributed by atoms with Gasteiger partial charge in [-0.2, -0.15) is 0 Å². The Morgan fingerprint density at radius 1 is 0.889 bits per heavy atom. The number of hydrogen-bond donors (Lipinski definition) is 2. The van der Waals surface area contributed by atoms with Gasteiger partial charge in [0.15, 0.2) is 5.82 Å². The highest BCUT2D eigenvalue weighted by Crippen LogP contribution is 2.11. The summed E-state index contributed by atoms with van der Waals surface area (Å²) in [6, 6.07) is 16.9. The Morgan fingerprint density at radius 2 is 1.52 bits per heavy atom. The van der Waals surface area contributed by atoms with Crippen LogP contribution in [-0.4, -0.2) is 22.6 Å². The minimum Gasteiger partial charge on any atom is -0.368 e. The SMILES string of the molecule is O=C(Cc1ccc(Cl)cc1)Nc1ccc(NCCc2ccc(F)cc2)nn1. The van der Waals surface area contributed by atoms with Crippen molar-refractivity contribution < 1.29 is 9.18 Å². The molecular weight excluding hydrogens is 367 g/mol. The molecule has 1 aromatic heterocycles. The quantitative estimate of drug-likeness (QED) is 0.643. The second-order valence-corrected chi connectivity index (χ2v) is 6.39. The topological polar surface area (TPSA) is 66.9 Å². The molecule has 0 spiro atoms. The fraction of sp³-hybridized carbons (Fsp3) is 0.150.